The Morgan fingerprint density at radius 2 is 1.86 bits per heavy atom. The quantitative estimate of drug-likeness (QED) is 0.313. The second-order valence-electron chi connectivity index (χ2n) is 6.30. The van der Waals surface area contributed by atoms with E-state index in [-0.39, 0.29) is 28.0 Å². The minimum Gasteiger partial charge on any atom is -0.504 e. The average molecular weight is 432 g/mol. The molecule has 0 saturated carbocycles. The number of phenolic OH excluding ortho intramolecular Hbond substituents is 1. The summed E-state index contributed by atoms with van der Waals surface area (Å²) in [6.45, 7) is 4.47. The van der Waals surface area contributed by atoms with Gasteiger partial charge in [0, 0.05) is 13.6 Å². The van der Waals surface area contributed by atoms with Crippen LogP contribution in [0.3, 0.4) is 0 Å². The molecule has 0 radical (unpaired) electrons. The molecular formula is C17H22ClN3O6S. The van der Waals surface area contributed by atoms with Crippen molar-refractivity contribution in [2.24, 2.45) is 5.92 Å². The van der Waals surface area contributed by atoms with Crippen molar-refractivity contribution in [3.8, 4) is 5.75 Å². The smallest absolute Gasteiger partial charge is 0.269 e. The lowest BCUT2D eigenvalue weighted by atomic mass is 10.1. The molecule has 3 N–H and O–H groups in total. The van der Waals surface area contributed by atoms with Gasteiger partial charge in [-0.15, -0.1) is 0 Å². The van der Waals surface area contributed by atoms with E-state index in [4.69, 9.17) is 11.6 Å². The lowest BCUT2D eigenvalue weighted by Gasteiger charge is -2.20. The molecule has 0 aromatic heterocycles. The van der Waals surface area contributed by atoms with E-state index in [1.807, 2.05) is 13.8 Å². The number of sulfonamides is 1. The van der Waals surface area contributed by atoms with Gasteiger partial charge >= 0.3 is 0 Å². The number of hydrogen-bond donors (Lipinski definition) is 3. The molecule has 2 aromatic carbocycles. The summed E-state index contributed by atoms with van der Waals surface area (Å²) < 4.78 is 25.5. The van der Waals surface area contributed by atoms with Gasteiger partial charge in [0.2, 0.25) is 0 Å². The highest BCUT2D eigenvalue weighted by atomic mass is 35.5. The van der Waals surface area contributed by atoms with E-state index in [9.17, 15) is 23.1 Å². The fourth-order valence-corrected chi connectivity index (χ4v) is 3.92. The number of benzene rings is 1. The molecule has 0 aliphatic heterocycles. The molecule has 0 bridgehead atoms. The number of halogens is 1. The molecule has 2 aromatic rings. The summed E-state index contributed by atoms with van der Waals surface area (Å²) in [5, 5.41) is 15.8. The van der Waals surface area contributed by atoms with Gasteiger partial charge in [-0.25, -0.2) is 8.42 Å². The third-order valence-electron chi connectivity index (χ3n) is 4.43. The Bertz CT molecular complexity index is 1050. The number of rotatable bonds is 9. The first kappa shape index (κ1) is 22.2. The Morgan fingerprint density at radius 3 is 2.43 bits per heavy atom. The summed E-state index contributed by atoms with van der Waals surface area (Å²) in [7, 11) is -1.97. The predicted molar refractivity (Wildman–Crippen MR) is 108 cm³/mol. The van der Waals surface area contributed by atoms with Crippen LogP contribution in [0.4, 0.5) is 17.1 Å². The number of hydroxylamine groups is 1. The van der Waals surface area contributed by atoms with Crippen molar-refractivity contribution in [1.82, 2.24) is 4.47 Å². The highest BCUT2D eigenvalue weighted by Crippen LogP contribution is 2.39. The zero-order valence-electron chi connectivity index (χ0n) is 15.9. The fourth-order valence-electron chi connectivity index (χ4n) is 2.35. The first-order chi connectivity index (χ1) is 13.1. The number of anilines is 3. The standard InChI is InChI=1S/C17H22ClN3O6S/c1-5-9(2)8-19-12-13(16(24)15(12)23)20-11-7-6-10(18)17(14(11)22)28(25,26)21(3)27-4/h6-7,9,19-20,22H,5,8H2,1-4H3. The van der Waals surface area contributed by atoms with Gasteiger partial charge in [-0.1, -0.05) is 36.3 Å². The van der Waals surface area contributed by atoms with Crippen LogP contribution in [-0.4, -0.2) is 38.7 Å². The van der Waals surface area contributed by atoms with E-state index in [0.717, 1.165) is 20.6 Å². The van der Waals surface area contributed by atoms with E-state index in [0.29, 0.717) is 11.0 Å². The van der Waals surface area contributed by atoms with Crippen LogP contribution in [0.15, 0.2) is 26.6 Å². The number of hydrogen-bond acceptors (Lipinski definition) is 8. The van der Waals surface area contributed by atoms with Crippen LogP contribution in [0.2, 0.25) is 5.02 Å². The first-order valence-corrected chi connectivity index (χ1v) is 10.3. The van der Waals surface area contributed by atoms with Crippen LogP contribution < -0.4 is 21.5 Å². The molecule has 28 heavy (non-hydrogen) atoms. The third kappa shape index (κ3) is 4.00. The lowest BCUT2D eigenvalue weighted by Crippen LogP contribution is -2.37. The lowest BCUT2D eigenvalue weighted by molar-refractivity contribution is -0.0259. The average Bonchev–Trinajstić information content (AvgIpc) is 2.67. The molecule has 0 spiro atoms. The van der Waals surface area contributed by atoms with Gasteiger partial charge in [0.25, 0.3) is 20.9 Å². The van der Waals surface area contributed by atoms with Crippen molar-refractivity contribution in [2.45, 2.75) is 25.2 Å². The Hall–Kier alpha value is -2.14. The Morgan fingerprint density at radius 1 is 1.25 bits per heavy atom. The van der Waals surface area contributed by atoms with Crippen LogP contribution in [0, 0.1) is 5.92 Å². The maximum atomic E-state index is 12.5. The van der Waals surface area contributed by atoms with Crippen molar-refractivity contribution in [3.05, 3.63) is 37.6 Å². The second-order valence-corrected chi connectivity index (χ2v) is 8.58. The van der Waals surface area contributed by atoms with Crippen molar-refractivity contribution >= 4 is 38.7 Å². The molecule has 2 rings (SSSR count). The summed E-state index contributed by atoms with van der Waals surface area (Å²) in [5.74, 6) is -0.417. The van der Waals surface area contributed by atoms with Crippen molar-refractivity contribution < 1.29 is 18.4 Å². The molecule has 1 unspecified atom stereocenters. The largest absolute Gasteiger partial charge is 0.504 e. The van der Waals surface area contributed by atoms with E-state index >= 15 is 0 Å². The summed E-state index contributed by atoms with van der Waals surface area (Å²) in [4.78, 5) is 27.9. The van der Waals surface area contributed by atoms with Crippen LogP contribution in [0.1, 0.15) is 20.3 Å². The van der Waals surface area contributed by atoms with Gasteiger partial charge < -0.3 is 15.7 Å². The van der Waals surface area contributed by atoms with Gasteiger partial charge in [-0.05, 0) is 18.1 Å². The normalized spacial score (nSPS) is 13.1. The van der Waals surface area contributed by atoms with Gasteiger partial charge in [0.1, 0.15) is 16.3 Å². The van der Waals surface area contributed by atoms with Crippen LogP contribution in [0.5, 0.6) is 5.75 Å². The van der Waals surface area contributed by atoms with E-state index in [1.165, 1.54) is 12.1 Å². The molecule has 0 aliphatic rings. The van der Waals surface area contributed by atoms with Crippen LogP contribution in [0.25, 0.3) is 0 Å². The molecular weight excluding hydrogens is 410 g/mol. The molecule has 0 heterocycles. The predicted octanol–water partition coefficient (Wildman–Crippen LogP) is 2.03. The van der Waals surface area contributed by atoms with Crippen molar-refractivity contribution in [1.29, 1.82) is 0 Å². The zero-order valence-corrected chi connectivity index (χ0v) is 17.4. The Labute approximate surface area is 167 Å². The maximum Gasteiger partial charge on any atom is 0.269 e. The Balaban J connectivity index is 2.43. The minimum atomic E-state index is -4.25. The summed E-state index contributed by atoms with van der Waals surface area (Å²) >= 11 is 5.96. The summed E-state index contributed by atoms with van der Waals surface area (Å²) in [6, 6.07) is 2.55. The second kappa shape index (κ2) is 8.48. The van der Waals surface area contributed by atoms with Gasteiger partial charge in [0.15, 0.2) is 5.75 Å². The van der Waals surface area contributed by atoms with Gasteiger partial charge in [0.05, 0.1) is 17.8 Å². The third-order valence-corrected chi connectivity index (χ3v) is 6.61. The number of nitrogens with zero attached hydrogens (tertiary/aromatic N) is 1. The molecule has 11 heteroatoms. The molecule has 9 nitrogen and oxygen atoms in total. The van der Waals surface area contributed by atoms with Crippen molar-refractivity contribution in [3.63, 3.8) is 0 Å². The highest BCUT2D eigenvalue weighted by molar-refractivity contribution is 7.89. The molecule has 154 valence electrons. The summed E-state index contributed by atoms with van der Waals surface area (Å²) in [6.07, 6.45) is 0.886. The SMILES string of the molecule is CCC(C)CNc1c(Nc2ccc(Cl)c(S(=O)(=O)N(C)OC)c2O)c(=O)c1=O. The van der Waals surface area contributed by atoms with Crippen LogP contribution in [-0.2, 0) is 14.9 Å². The van der Waals surface area contributed by atoms with E-state index < -0.39 is 31.5 Å². The van der Waals surface area contributed by atoms with Crippen molar-refractivity contribution in [2.75, 3.05) is 31.3 Å². The minimum absolute atomic E-state index is 0.0469. The number of aromatic hydroxyl groups is 1. The molecule has 0 saturated heterocycles. The van der Waals surface area contributed by atoms with Gasteiger partial charge in [-0.3, -0.25) is 14.4 Å². The van der Waals surface area contributed by atoms with E-state index in [1.54, 1.807) is 0 Å². The Kier molecular flexibility index (Phi) is 6.71. The van der Waals surface area contributed by atoms with E-state index in [2.05, 4.69) is 15.5 Å². The molecule has 1 atom stereocenters. The topological polar surface area (TPSA) is 125 Å². The molecule has 0 amide bonds. The highest BCUT2D eigenvalue weighted by Gasteiger charge is 2.30. The monoisotopic (exact) mass is 431 g/mol. The first-order valence-electron chi connectivity index (χ1n) is 8.44. The molecule has 0 aliphatic carbocycles. The number of phenols is 1. The molecule has 0 fully saturated rings. The maximum absolute atomic E-state index is 12.5. The van der Waals surface area contributed by atoms with Crippen LogP contribution >= 0.6 is 11.6 Å². The number of nitrogens with one attached hydrogen (secondary N) is 2. The zero-order chi connectivity index (χ0) is 21.2. The fraction of sp³-hybridized carbons (Fsp3) is 0.412. The van der Waals surface area contributed by atoms with Gasteiger partial charge in [-0.2, -0.15) is 0 Å². The summed E-state index contributed by atoms with van der Waals surface area (Å²) in [5.41, 5.74) is -1.48.